The fraction of sp³-hybridized carbons (Fsp3) is 0.147. The number of hydrogen-bond donors (Lipinski definition) is 3. The molecular formula is C34H33N3O5S. The van der Waals surface area contributed by atoms with E-state index >= 15 is 0 Å². The van der Waals surface area contributed by atoms with E-state index in [1.165, 1.54) is 11.8 Å². The van der Waals surface area contributed by atoms with Crippen LogP contribution in [0, 0.1) is 0 Å². The number of nitrogens with one attached hydrogen (secondary N) is 3. The molecule has 0 heterocycles. The highest BCUT2D eigenvalue weighted by molar-refractivity contribution is 8.00. The molecule has 0 fully saturated rings. The number of carbonyl (C=O) groups is 3. The van der Waals surface area contributed by atoms with Crippen molar-refractivity contribution in [3.8, 4) is 11.5 Å². The first-order valence-corrected chi connectivity index (χ1v) is 14.6. The van der Waals surface area contributed by atoms with Gasteiger partial charge in [-0.25, -0.2) is 0 Å². The number of para-hydroxylation sites is 3. The topological polar surface area (TPSA) is 106 Å². The van der Waals surface area contributed by atoms with E-state index in [-0.39, 0.29) is 11.6 Å². The van der Waals surface area contributed by atoms with Crippen LogP contribution in [0.2, 0.25) is 0 Å². The summed E-state index contributed by atoms with van der Waals surface area (Å²) in [5.74, 6) is 0.0356. The minimum atomic E-state index is -0.514. The Kier molecular flexibility index (Phi) is 11.0. The van der Waals surface area contributed by atoms with Crippen molar-refractivity contribution in [2.45, 2.75) is 24.0 Å². The molecule has 0 aliphatic heterocycles. The van der Waals surface area contributed by atoms with E-state index in [9.17, 15) is 14.4 Å². The highest BCUT2D eigenvalue weighted by Gasteiger charge is 2.19. The molecule has 1 atom stereocenters. The van der Waals surface area contributed by atoms with Crippen LogP contribution < -0.4 is 25.4 Å². The van der Waals surface area contributed by atoms with Gasteiger partial charge in [0.2, 0.25) is 5.91 Å². The lowest BCUT2D eigenvalue weighted by Crippen LogP contribution is -2.30. The molecule has 0 aliphatic rings. The van der Waals surface area contributed by atoms with Gasteiger partial charge < -0.3 is 25.4 Å². The Balaban J connectivity index is 1.51. The van der Waals surface area contributed by atoms with Crippen LogP contribution in [0.15, 0.2) is 114 Å². The normalized spacial score (nSPS) is 11.7. The van der Waals surface area contributed by atoms with Crippen molar-refractivity contribution in [3.63, 3.8) is 0 Å². The molecule has 4 rings (SSSR count). The maximum atomic E-state index is 13.5. The summed E-state index contributed by atoms with van der Waals surface area (Å²) >= 11 is 1.35. The van der Waals surface area contributed by atoms with Gasteiger partial charge >= 0.3 is 0 Å². The molecule has 9 heteroatoms. The molecule has 4 aromatic carbocycles. The Morgan fingerprint density at radius 3 is 2.28 bits per heavy atom. The highest BCUT2D eigenvalue weighted by Crippen LogP contribution is 2.29. The number of rotatable bonds is 12. The summed E-state index contributed by atoms with van der Waals surface area (Å²) < 4.78 is 11.0. The van der Waals surface area contributed by atoms with E-state index in [4.69, 9.17) is 9.47 Å². The van der Waals surface area contributed by atoms with Crippen molar-refractivity contribution < 1.29 is 23.9 Å². The molecule has 0 saturated heterocycles. The van der Waals surface area contributed by atoms with Crippen molar-refractivity contribution in [1.82, 2.24) is 5.32 Å². The molecule has 43 heavy (non-hydrogen) atoms. The lowest BCUT2D eigenvalue weighted by molar-refractivity contribution is -0.115. The molecular weight excluding hydrogens is 562 g/mol. The average Bonchev–Trinajstić information content (AvgIpc) is 3.02. The fourth-order valence-electron chi connectivity index (χ4n) is 4.07. The second-order valence-corrected chi connectivity index (χ2v) is 10.7. The number of ether oxygens (including phenoxy) is 2. The van der Waals surface area contributed by atoms with Crippen LogP contribution in [0.25, 0.3) is 6.08 Å². The maximum Gasteiger partial charge on any atom is 0.272 e. The van der Waals surface area contributed by atoms with Gasteiger partial charge in [0.25, 0.3) is 11.8 Å². The number of carbonyl (C=O) groups excluding carboxylic acids is 3. The van der Waals surface area contributed by atoms with E-state index in [2.05, 4.69) is 16.0 Å². The third kappa shape index (κ3) is 8.73. The van der Waals surface area contributed by atoms with E-state index in [1.54, 1.807) is 80.8 Å². The number of hydrogen-bond acceptors (Lipinski definition) is 6. The first-order valence-electron chi connectivity index (χ1n) is 13.7. The number of benzene rings is 4. The summed E-state index contributed by atoms with van der Waals surface area (Å²) in [5.41, 5.74) is 2.19. The molecule has 3 N–H and O–H groups in total. The summed E-state index contributed by atoms with van der Waals surface area (Å²) in [6.45, 7) is 4.12. The van der Waals surface area contributed by atoms with Crippen LogP contribution in [-0.2, 0) is 9.59 Å². The number of methoxy groups -OCH3 is 1. The van der Waals surface area contributed by atoms with Crippen LogP contribution in [-0.4, -0.2) is 36.7 Å². The number of anilines is 2. The van der Waals surface area contributed by atoms with Crippen LogP contribution in [0.5, 0.6) is 11.5 Å². The minimum absolute atomic E-state index is 0.0450. The smallest absolute Gasteiger partial charge is 0.272 e. The van der Waals surface area contributed by atoms with E-state index in [0.29, 0.717) is 40.6 Å². The van der Waals surface area contributed by atoms with Crippen molar-refractivity contribution in [1.29, 1.82) is 0 Å². The maximum absolute atomic E-state index is 13.5. The Morgan fingerprint density at radius 2 is 1.53 bits per heavy atom. The predicted octanol–water partition coefficient (Wildman–Crippen LogP) is 6.62. The quantitative estimate of drug-likeness (QED) is 0.126. The summed E-state index contributed by atoms with van der Waals surface area (Å²) in [5, 5.41) is 8.09. The van der Waals surface area contributed by atoms with Gasteiger partial charge in [-0.1, -0.05) is 54.6 Å². The SMILES string of the molecule is CCOc1ccccc1/C=C(/NC(=O)c1ccccc1)C(=O)Nc1cccc(SC(C)C(=O)Nc2ccccc2OC)c1. The van der Waals surface area contributed by atoms with Crippen LogP contribution in [0.1, 0.15) is 29.8 Å². The number of amides is 3. The van der Waals surface area contributed by atoms with Crippen LogP contribution in [0.3, 0.4) is 0 Å². The summed E-state index contributed by atoms with van der Waals surface area (Å²) in [6, 6.07) is 30.3. The first-order chi connectivity index (χ1) is 20.9. The van der Waals surface area contributed by atoms with Gasteiger partial charge in [-0.3, -0.25) is 14.4 Å². The summed E-state index contributed by atoms with van der Waals surface area (Å²) in [4.78, 5) is 40.2. The lowest BCUT2D eigenvalue weighted by Gasteiger charge is -2.15. The van der Waals surface area contributed by atoms with Crippen molar-refractivity contribution in [3.05, 3.63) is 120 Å². The molecule has 0 bridgehead atoms. The largest absolute Gasteiger partial charge is 0.495 e. The molecule has 4 aromatic rings. The molecule has 0 spiro atoms. The molecule has 0 saturated carbocycles. The van der Waals surface area contributed by atoms with Crippen molar-refractivity contribution in [2.75, 3.05) is 24.4 Å². The van der Waals surface area contributed by atoms with Crippen LogP contribution >= 0.6 is 11.8 Å². The second kappa shape index (κ2) is 15.3. The van der Waals surface area contributed by atoms with E-state index < -0.39 is 17.1 Å². The zero-order valence-corrected chi connectivity index (χ0v) is 24.9. The second-order valence-electron chi connectivity index (χ2n) is 9.28. The van der Waals surface area contributed by atoms with Gasteiger partial charge in [0.15, 0.2) is 0 Å². The number of thioether (sulfide) groups is 1. The molecule has 3 amide bonds. The van der Waals surface area contributed by atoms with E-state index in [0.717, 1.165) is 4.90 Å². The average molecular weight is 596 g/mol. The van der Waals surface area contributed by atoms with Gasteiger partial charge in [-0.2, -0.15) is 0 Å². The molecule has 1 unspecified atom stereocenters. The molecule has 0 radical (unpaired) electrons. The summed E-state index contributed by atoms with van der Waals surface area (Å²) in [7, 11) is 1.55. The van der Waals surface area contributed by atoms with E-state index in [1.807, 2.05) is 49.4 Å². The zero-order chi connectivity index (χ0) is 30.6. The molecule has 220 valence electrons. The Morgan fingerprint density at radius 1 is 0.837 bits per heavy atom. The van der Waals surface area contributed by atoms with Gasteiger partial charge in [0.1, 0.15) is 17.2 Å². The molecule has 0 aliphatic carbocycles. The molecule has 8 nitrogen and oxygen atoms in total. The minimum Gasteiger partial charge on any atom is -0.495 e. The lowest BCUT2D eigenvalue weighted by atomic mass is 10.1. The van der Waals surface area contributed by atoms with Crippen LogP contribution in [0.4, 0.5) is 11.4 Å². The molecule has 0 aromatic heterocycles. The third-order valence-electron chi connectivity index (χ3n) is 6.19. The fourth-order valence-corrected chi connectivity index (χ4v) is 5.00. The first kappa shape index (κ1) is 30.9. The van der Waals surface area contributed by atoms with Crippen molar-refractivity contribution in [2.24, 2.45) is 0 Å². The van der Waals surface area contributed by atoms with Gasteiger partial charge in [0.05, 0.1) is 24.7 Å². The Hall–Kier alpha value is -5.02. The van der Waals surface area contributed by atoms with Crippen molar-refractivity contribution >= 4 is 46.9 Å². The van der Waals surface area contributed by atoms with Gasteiger partial charge in [-0.15, -0.1) is 11.8 Å². The highest BCUT2D eigenvalue weighted by atomic mass is 32.2. The summed E-state index contributed by atoms with van der Waals surface area (Å²) in [6.07, 6.45) is 1.59. The third-order valence-corrected chi connectivity index (χ3v) is 7.28. The Labute approximate surface area is 255 Å². The Bertz CT molecular complexity index is 1610. The van der Waals surface area contributed by atoms with Gasteiger partial charge in [-0.05, 0) is 68.5 Å². The zero-order valence-electron chi connectivity index (χ0n) is 24.1. The standard InChI is InChI=1S/C34H33N3O5S/c1-4-42-30-19-10-8-15-25(30)21-29(37-33(39)24-13-6-5-7-14-24)34(40)35-26-16-12-17-27(22-26)43-23(2)32(38)36-28-18-9-11-20-31(28)41-3/h5-23H,4H2,1-3H3,(H,35,40)(H,36,38)(H,37,39)/b29-21+. The monoisotopic (exact) mass is 595 g/mol. The predicted molar refractivity (Wildman–Crippen MR) is 172 cm³/mol. The van der Waals surface area contributed by atoms with Gasteiger partial charge in [0, 0.05) is 21.7 Å².